The van der Waals surface area contributed by atoms with E-state index < -0.39 is 5.97 Å². The highest BCUT2D eigenvalue weighted by Crippen LogP contribution is 2.09. The van der Waals surface area contributed by atoms with Crippen LogP contribution in [0.2, 0.25) is 0 Å². The molecule has 0 aromatic heterocycles. The Hall–Kier alpha value is -1.65. The van der Waals surface area contributed by atoms with Gasteiger partial charge in [0.1, 0.15) is 0 Å². The minimum absolute atomic E-state index is 0.300. The summed E-state index contributed by atoms with van der Waals surface area (Å²) in [6.45, 7) is 1.65. The van der Waals surface area contributed by atoms with Gasteiger partial charge in [-0.25, -0.2) is 4.79 Å². The van der Waals surface area contributed by atoms with Gasteiger partial charge in [0.25, 0.3) is 0 Å². The lowest BCUT2D eigenvalue weighted by atomic mass is 10.1. The van der Waals surface area contributed by atoms with Gasteiger partial charge in [0.05, 0.1) is 6.61 Å². The topological polar surface area (TPSA) is 66.8 Å². The maximum atomic E-state index is 10.4. The Morgan fingerprint density at radius 2 is 1.64 bits per heavy atom. The first-order valence-corrected chi connectivity index (χ1v) is 7.91. The van der Waals surface area contributed by atoms with Crippen molar-refractivity contribution in [3.05, 3.63) is 41.5 Å². The summed E-state index contributed by atoms with van der Waals surface area (Å²) in [4.78, 5) is 10.4. The van der Waals surface area contributed by atoms with E-state index in [1.165, 1.54) is 19.3 Å². The third-order valence-corrected chi connectivity index (χ3v) is 3.36. The van der Waals surface area contributed by atoms with E-state index >= 15 is 0 Å². The fourth-order valence-corrected chi connectivity index (χ4v) is 2.11. The van der Waals surface area contributed by atoms with Crippen LogP contribution in [0, 0.1) is 0 Å². The molecule has 0 atom stereocenters. The van der Waals surface area contributed by atoms with Crippen LogP contribution in [-0.2, 0) is 16.1 Å². The molecule has 4 heteroatoms. The second-order valence-corrected chi connectivity index (χ2v) is 5.31. The summed E-state index contributed by atoms with van der Waals surface area (Å²) in [7, 11) is 0. The first kappa shape index (κ1) is 18.4. The molecular formula is C18H26O4. The fourth-order valence-electron chi connectivity index (χ4n) is 2.11. The molecule has 0 spiro atoms. The highest BCUT2D eigenvalue weighted by Gasteiger charge is 1.95. The minimum atomic E-state index is -0.941. The Kier molecular flexibility index (Phi) is 9.99. The largest absolute Gasteiger partial charge is 0.478 e. The Morgan fingerprint density at radius 1 is 1.00 bits per heavy atom. The predicted octanol–water partition coefficient (Wildman–Crippen LogP) is 3.63. The van der Waals surface area contributed by atoms with Crippen LogP contribution in [0.1, 0.15) is 49.7 Å². The summed E-state index contributed by atoms with van der Waals surface area (Å²) in [6, 6.07) is 7.69. The van der Waals surface area contributed by atoms with Crippen LogP contribution in [0.4, 0.5) is 0 Å². The van der Waals surface area contributed by atoms with E-state index in [1.807, 2.05) is 24.3 Å². The molecule has 0 saturated carbocycles. The summed E-state index contributed by atoms with van der Waals surface area (Å²) < 4.78 is 5.63. The van der Waals surface area contributed by atoms with Gasteiger partial charge in [-0.3, -0.25) is 0 Å². The van der Waals surface area contributed by atoms with Crippen molar-refractivity contribution < 1.29 is 19.7 Å². The molecular weight excluding hydrogens is 280 g/mol. The zero-order chi connectivity index (χ0) is 16.0. The van der Waals surface area contributed by atoms with Crippen LogP contribution in [0.5, 0.6) is 0 Å². The predicted molar refractivity (Wildman–Crippen MR) is 87.6 cm³/mol. The van der Waals surface area contributed by atoms with E-state index in [9.17, 15) is 4.79 Å². The molecule has 0 aliphatic carbocycles. The summed E-state index contributed by atoms with van der Waals surface area (Å²) in [5, 5.41) is 17.2. The molecule has 1 aromatic rings. The molecule has 4 nitrogen and oxygen atoms in total. The van der Waals surface area contributed by atoms with E-state index in [4.69, 9.17) is 14.9 Å². The second kappa shape index (κ2) is 12.0. The van der Waals surface area contributed by atoms with E-state index in [1.54, 1.807) is 6.08 Å². The Labute approximate surface area is 132 Å². The van der Waals surface area contributed by atoms with Gasteiger partial charge in [-0.05, 0) is 30.0 Å². The van der Waals surface area contributed by atoms with Crippen molar-refractivity contribution in [1.82, 2.24) is 0 Å². The number of aliphatic hydroxyl groups excluding tert-OH is 1. The molecule has 0 amide bonds. The maximum absolute atomic E-state index is 10.4. The quantitative estimate of drug-likeness (QED) is 0.457. The highest BCUT2D eigenvalue weighted by atomic mass is 16.5. The zero-order valence-corrected chi connectivity index (χ0v) is 13.0. The van der Waals surface area contributed by atoms with Crippen molar-refractivity contribution in [2.75, 3.05) is 13.2 Å². The molecule has 0 bridgehead atoms. The molecule has 0 heterocycles. The van der Waals surface area contributed by atoms with Crippen molar-refractivity contribution in [3.8, 4) is 0 Å². The van der Waals surface area contributed by atoms with Crippen molar-refractivity contribution in [2.24, 2.45) is 0 Å². The second-order valence-electron chi connectivity index (χ2n) is 5.31. The number of hydrogen-bond donors (Lipinski definition) is 2. The van der Waals surface area contributed by atoms with Crippen molar-refractivity contribution in [3.63, 3.8) is 0 Å². The van der Waals surface area contributed by atoms with E-state index in [-0.39, 0.29) is 0 Å². The molecule has 2 N–H and O–H groups in total. The molecule has 0 aliphatic heterocycles. The van der Waals surface area contributed by atoms with E-state index in [0.29, 0.717) is 13.2 Å². The number of aliphatic hydroxyl groups is 1. The van der Waals surface area contributed by atoms with Crippen molar-refractivity contribution in [1.29, 1.82) is 0 Å². The average Bonchev–Trinajstić information content (AvgIpc) is 2.52. The molecule has 0 saturated heterocycles. The third kappa shape index (κ3) is 9.32. The minimum Gasteiger partial charge on any atom is -0.478 e. The van der Waals surface area contributed by atoms with E-state index in [2.05, 4.69) is 0 Å². The van der Waals surface area contributed by atoms with Crippen LogP contribution in [0.25, 0.3) is 6.08 Å². The fraction of sp³-hybridized carbons (Fsp3) is 0.500. The standard InChI is InChI=1S/C18H26O4/c19-13-5-3-1-2-4-6-14-22-15-17-9-7-16(8-10-17)11-12-18(20)21/h7-12,19H,1-6,13-15H2,(H,20,21)/b12-11+. The maximum Gasteiger partial charge on any atom is 0.328 e. The van der Waals surface area contributed by atoms with Crippen molar-refractivity contribution >= 4 is 12.0 Å². The third-order valence-electron chi connectivity index (χ3n) is 3.36. The molecule has 0 radical (unpaired) electrons. The van der Waals surface area contributed by atoms with Crippen LogP contribution < -0.4 is 0 Å². The van der Waals surface area contributed by atoms with Crippen molar-refractivity contribution in [2.45, 2.75) is 45.1 Å². The van der Waals surface area contributed by atoms with Gasteiger partial charge >= 0.3 is 5.97 Å². The lowest BCUT2D eigenvalue weighted by Crippen LogP contribution is -1.96. The van der Waals surface area contributed by atoms with Gasteiger partial charge in [-0.2, -0.15) is 0 Å². The number of rotatable bonds is 12. The Bertz CT molecular complexity index is 437. The molecule has 122 valence electrons. The van der Waals surface area contributed by atoms with E-state index in [0.717, 1.165) is 43.1 Å². The number of unbranched alkanes of at least 4 members (excludes halogenated alkanes) is 5. The first-order chi connectivity index (χ1) is 10.7. The lowest BCUT2D eigenvalue weighted by molar-refractivity contribution is -0.131. The Morgan fingerprint density at radius 3 is 2.27 bits per heavy atom. The number of hydrogen-bond acceptors (Lipinski definition) is 3. The van der Waals surface area contributed by atoms with Crippen LogP contribution >= 0.6 is 0 Å². The van der Waals surface area contributed by atoms with Gasteiger partial charge in [-0.15, -0.1) is 0 Å². The van der Waals surface area contributed by atoms with Gasteiger partial charge in [0.15, 0.2) is 0 Å². The highest BCUT2D eigenvalue weighted by molar-refractivity contribution is 5.85. The van der Waals surface area contributed by atoms with Crippen LogP contribution in [0.15, 0.2) is 30.3 Å². The van der Waals surface area contributed by atoms with Gasteiger partial charge < -0.3 is 14.9 Å². The van der Waals surface area contributed by atoms with Gasteiger partial charge in [0, 0.05) is 19.3 Å². The smallest absolute Gasteiger partial charge is 0.328 e. The van der Waals surface area contributed by atoms with Gasteiger partial charge in [0.2, 0.25) is 0 Å². The van der Waals surface area contributed by atoms with Crippen LogP contribution in [-0.4, -0.2) is 29.4 Å². The monoisotopic (exact) mass is 306 g/mol. The normalized spacial score (nSPS) is 11.1. The lowest BCUT2D eigenvalue weighted by Gasteiger charge is -2.05. The summed E-state index contributed by atoms with van der Waals surface area (Å²) in [5.74, 6) is -0.941. The Balaban J connectivity index is 2.09. The number of carboxylic acid groups (broad SMARTS) is 1. The van der Waals surface area contributed by atoms with Gasteiger partial charge in [-0.1, -0.05) is 49.9 Å². The SMILES string of the molecule is O=C(O)/C=C/c1ccc(COCCCCCCCCO)cc1. The molecule has 0 fully saturated rings. The molecule has 0 aliphatic rings. The summed E-state index contributed by atoms with van der Waals surface area (Å²) >= 11 is 0. The number of carboxylic acids is 1. The average molecular weight is 306 g/mol. The zero-order valence-electron chi connectivity index (χ0n) is 13.0. The number of carbonyl (C=O) groups is 1. The summed E-state index contributed by atoms with van der Waals surface area (Å²) in [5.41, 5.74) is 1.96. The summed E-state index contributed by atoms with van der Waals surface area (Å²) in [6.07, 6.45) is 9.35. The number of benzene rings is 1. The van der Waals surface area contributed by atoms with Crippen LogP contribution in [0.3, 0.4) is 0 Å². The number of ether oxygens (including phenoxy) is 1. The number of aliphatic carboxylic acids is 1. The molecule has 22 heavy (non-hydrogen) atoms. The molecule has 1 aromatic carbocycles. The molecule has 0 unspecified atom stereocenters. The first-order valence-electron chi connectivity index (χ1n) is 7.91. The molecule has 1 rings (SSSR count).